The molecule has 0 saturated heterocycles. The van der Waals surface area contributed by atoms with Crippen LogP contribution in [0.25, 0.3) is 11.1 Å². The molecule has 0 fully saturated rings. The molecule has 0 aliphatic carbocycles. The highest BCUT2D eigenvalue weighted by Gasteiger charge is 2.01. The molecule has 0 N–H and O–H groups in total. The summed E-state index contributed by atoms with van der Waals surface area (Å²) in [7, 11) is 0. The van der Waals surface area contributed by atoms with Gasteiger partial charge >= 0.3 is 0 Å². The van der Waals surface area contributed by atoms with Gasteiger partial charge in [-0.05, 0) is 42.7 Å². The van der Waals surface area contributed by atoms with E-state index in [9.17, 15) is 0 Å². The Kier molecular flexibility index (Phi) is 2.79. The number of rotatable bonds is 1. The number of hydrogen-bond acceptors (Lipinski definition) is 0. The van der Waals surface area contributed by atoms with Crippen LogP contribution in [0.4, 0.5) is 0 Å². The average molecular weight is 217 g/mol. The first kappa shape index (κ1) is 10.3. The minimum absolute atomic E-state index is 0.785. The molecule has 0 aliphatic heterocycles. The van der Waals surface area contributed by atoms with Gasteiger partial charge in [-0.2, -0.15) is 0 Å². The van der Waals surface area contributed by atoms with E-state index in [4.69, 9.17) is 11.6 Å². The summed E-state index contributed by atoms with van der Waals surface area (Å²) in [4.78, 5) is 0. The molecule has 0 aliphatic rings. The van der Waals surface area contributed by atoms with Crippen LogP contribution in [0, 0.1) is 13.8 Å². The lowest BCUT2D eigenvalue weighted by atomic mass is 9.99. The second-order valence-corrected chi connectivity index (χ2v) is 4.27. The smallest absolute Gasteiger partial charge is 0.0412 e. The van der Waals surface area contributed by atoms with Crippen molar-refractivity contribution < 1.29 is 0 Å². The first-order valence-electron chi connectivity index (χ1n) is 5.00. The standard InChI is InChI=1S/C14H13Cl/c1-10-6-7-14(11(2)8-10)12-4-3-5-13(15)9-12/h3-9H,1-2H3. The molecular weight excluding hydrogens is 204 g/mol. The Morgan fingerprint density at radius 3 is 2.40 bits per heavy atom. The second-order valence-electron chi connectivity index (χ2n) is 3.83. The van der Waals surface area contributed by atoms with Crippen LogP contribution >= 0.6 is 11.6 Å². The van der Waals surface area contributed by atoms with Gasteiger partial charge in [0, 0.05) is 5.02 Å². The van der Waals surface area contributed by atoms with Gasteiger partial charge in [0.25, 0.3) is 0 Å². The van der Waals surface area contributed by atoms with E-state index in [1.165, 1.54) is 22.3 Å². The van der Waals surface area contributed by atoms with Gasteiger partial charge in [-0.25, -0.2) is 0 Å². The molecule has 2 aromatic carbocycles. The zero-order chi connectivity index (χ0) is 10.8. The first-order chi connectivity index (χ1) is 7.16. The average Bonchev–Trinajstić information content (AvgIpc) is 2.17. The van der Waals surface area contributed by atoms with Gasteiger partial charge in [-0.15, -0.1) is 0 Å². The van der Waals surface area contributed by atoms with Crippen molar-refractivity contribution in [1.29, 1.82) is 0 Å². The Bertz CT molecular complexity index is 486. The van der Waals surface area contributed by atoms with Crippen LogP contribution in [0.15, 0.2) is 42.5 Å². The van der Waals surface area contributed by atoms with Gasteiger partial charge in [-0.1, -0.05) is 47.5 Å². The third kappa shape index (κ3) is 2.21. The molecule has 15 heavy (non-hydrogen) atoms. The lowest BCUT2D eigenvalue weighted by Crippen LogP contribution is -1.84. The first-order valence-corrected chi connectivity index (χ1v) is 5.38. The molecule has 0 saturated carbocycles. The third-order valence-electron chi connectivity index (χ3n) is 2.52. The van der Waals surface area contributed by atoms with Crippen LogP contribution in [0.2, 0.25) is 5.02 Å². The Hall–Kier alpha value is -1.27. The normalized spacial score (nSPS) is 10.3. The van der Waals surface area contributed by atoms with Crippen molar-refractivity contribution in [1.82, 2.24) is 0 Å². The minimum Gasteiger partial charge on any atom is -0.0843 e. The van der Waals surface area contributed by atoms with E-state index in [-0.39, 0.29) is 0 Å². The van der Waals surface area contributed by atoms with Crippen LogP contribution in [0.5, 0.6) is 0 Å². The minimum atomic E-state index is 0.785. The summed E-state index contributed by atoms with van der Waals surface area (Å²) in [5, 5.41) is 0.785. The van der Waals surface area contributed by atoms with Crippen molar-refractivity contribution in [2.75, 3.05) is 0 Å². The lowest BCUT2D eigenvalue weighted by molar-refractivity contribution is 1.38. The predicted molar refractivity (Wildman–Crippen MR) is 66.4 cm³/mol. The topological polar surface area (TPSA) is 0 Å². The van der Waals surface area contributed by atoms with E-state index in [1.54, 1.807) is 0 Å². The highest BCUT2D eigenvalue weighted by molar-refractivity contribution is 6.30. The molecular formula is C14H13Cl. The fourth-order valence-electron chi connectivity index (χ4n) is 1.79. The van der Waals surface area contributed by atoms with E-state index in [0.29, 0.717) is 0 Å². The van der Waals surface area contributed by atoms with Crippen LogP contribution in [0.3, 0.4) is 0 Å². The highest BCUT2D eigenvalue weighted by Crippen LogP contribution is 2.26. The highest BCUT2D eigenvalue weighted by atomic mass is 35.5. The molecule has 0 atom stereocenters. The number of aryl methyl sites for hydroxylation is 2. The van der Waals surface area contributed by atoms with Gasteiger partial charge in [0.1, 0.15) is 0 Å². The number of benzene rings is 2. The van der Waals surface area contributed by atoms with Crippen molar-refractivity contribution >= 4 is 11.6 Å². The summed E-state index contributed by atoms with van der Waals surface area (Å²) in [6.07, 6.45) is 0. The summed E-state index contributed by atoms with van der Waals surface area (Å²) >= 11 is 5.98. The molecule has 1 heteroatoms. The number of hydrogen-bond donors (Lipinski definition) is 0. The Balaban J connectivity index is 2.54. The zero-order valence-electron chi connectivity index (χ0n) is 8.92. The maximum atomic E-state index is 5.98. The molecule has 0 heterocycles. The van der Waals surface area contributed by atoms with Crippen molar-refractivity contribution in [2.45, 2.75) is 13.8 Å². The van der Waals surface area contributed by atoms with Crippen LogP contribution in [-0.4, -0.2) is 0 Å². The van der Waals surface area contributed by atoms with Crippen molar-refractivity contribution in [2.24, 2.45) is 0 Å². The summed E-state index contributed by atoms with van der Waals surface area (Å²) in [5.74, 6) is 0. The van der Waals surface area contributed by atoms with Crippen molar-refractivity contribution in [3.63, 3.8) is 0 Å². The van der Waals surface area contributed by atoms with E-state index in [2.05, 4.69) is 38.1 Å². The molecule has 0 radical (unpaired) electrons. The maximum absolute atomic E-state index is 5.98. The third-order valence-corrected chi connectivity index (χ3v) is 2.75. The Morgan fingerprint density at radius 1 is 0.933 bits per heavy atom. The van der Waals surface area contributed by atoms with Gasteiger partial charge in [0.15, 0.2) is 0 Å². The zero-order valence-corrected chi connectivity index (χ0v) is 9.68. The molecule has 0 aromatic heterocycles. The molecule has 76 valence electrons. The fraction of sp³-hybridized carbons (Fsp3) is 0.143. The SMILES string of the molecule is Cc1ccc(-c2cccc(Cl)c2)c(C)c1. The predicted octanol–water partition coefficient (Wildman–Crippen LogP) is 4.62. The molecule has 2 aromatic rings. The van der Waals surface area contributed by atoms with Crippen LogP contribution in [0.1, 0.15) is 11.1 Å². The van der Waals surface area contributed by atoms with E-state index in [0.717, 1.165) is 5.02 Å². The van der Waals surface area contributed by atoms with Crippen LogP contribution in [-0.2, 0) is 0 Å². The van der Waals surface area contributed by atoms with Gasteiger partial charge in [-0.3, -0.25) is 0 Å². The number of halogens is 1. The molecule has 2 rings (SSSR count). The van der Waals surface area contributed by atoms with Gasteiger partial charge < -0.3 is 0 Å². The second kappa shape index (κ2) is 4.08. The lowest BCUT2D eigenvalue weighted by Gasteiger charge is -2.07. The largest absolute Gasteiger partial charge is 0.0843 e. The quantitative estimate of drug-likeness (QED) is 0.652. The summed E-state index contributed by atoms with van der Waals surface area (Å²) in [6.45, 7) is 4.23. The summed E-state index contributed by atoms with van der Waals surface area (Å²) in [5.41, 5.74) is 5.01. The Labute approximate surface area is 95.5 Å². The van der Waals surface area contributed by atoms with E-state index in [1.807, 2.05) is 18.2 Å². The Morgan fingerprint density at radius 2 is 1.73 bits per heavy atom. The van der Waals surface area contributed by atoms with E-state index >= 15 is 0 Å². The van der Waals surface area contributed by atoms with E-state index < -0.39 is 0 Å². The van der Waals surface area contributed by atoms with Crippen LogP contribution < -0.4 is 0 Å². The van der Waals surface area contributed by atoms with Crippen molar-refractivity contribution in [3.8, 4) is 11.1 Å². The molecule has 0 nitrogen and oxygen atoms in total. The maximum Gasteiger partial charge on any atom is 0.0412 e. The fourth-order valence-corrected chi connectivity index (χ4v) is 1.98. The van der Waals surface area contributed by atoms with Gasteiger partial charge in [0.2, 0.25) is 0 Å². The molecule has 0 bridgehead atoms. The van der Waals surface area contributed by atoms with Gasteiger partial charge in [0.05, 0.1) is 0 Å². The molecule has 0 amide bonds. The monoisotopic (exact) mass is 216 g/mol. The summed E-state index contributed by atoms with van der Waals surface area (Å²) < 4.78 is 0. The molecule has 0 unspecified atom stereocenters. The van der Waals surface area contributed by atoms with Crippen molar-refractivity contribution in [3.05, 3.63) is 58.6 Å². The summed E-state index contributed by atoms with van der Waals surface area (Å²) in [6, 6.07) is 14.4. The molecule has 0 spiro atoms.